The van der Waals surface area contributed by atoms with Crippen LogP contribution in [0.15, 0.2) is 0 Å². The Morgan fingerprint density at radius 1 is 1.45 bits per heavy atom. The van der Waals surface area contributed by atoms with Crippen LogP contribution in [0.5, 0.6) is 0 Å². The molecule has 0 bridgehead atoms. The van der Waals surface area contributed by atoms with Gasteiger partial charge < -0.3 is 15.8 Å². The summed E-state index contributed by atoms with van der Waals surface area (Å²) in [4.78, 5) is 10.5. The maximum Gasteiger partial charge on any atom is 0.406 e. The highest BCUT2D eigenvalue weighted by atomic mass is 16.5. The molecule has 0 fully saturated rings. The molecule has 1 amide bonds. The number of nitrogens with one attached hydrogen (secondary N) is 1. The first-order chi connectivity index (χ1) is 5.31. The van der Waals surface area contributed by atoms with Crippen LogP contribution in [0.2, 0.25) is 0 Å². The highest BCUT2D eigenvalue weighted by Gasteiger charge is 1.94. The SMILES string of the molecule is COC(=O)NCCCCCN. The van der Waals surface area contributed by atoms with E-state index >= 15 is 0 Å². The van der Waals surface area contributed by atoms with Gasteiger partial charge in [-0.15, -0.1) is 0 Å². The molecule has 0 radical (unpaired) electrons. The van der Waals surface area contributed by atoms with Crippen LogP contribution in [-0.2, 0) is 4.74 Å². The predicted octanol–water partition coefficient (Wildman–Crippen LogP) is 0.471. The first-order valence-electron chi connectivity index (χ1n) is 3.83. The van der Waals surface area contributed by atoms with Crippen LogP contribution >= 0.6 is 0 Å². The van der Waals surface area contributed by atoms with Gasteiger partial charge in [0.1, 0.15) is 0 Å². The van der Waals surface area contributed by atoms with Crippen LogP contribution in [0, 0.1) is 0 Å². The second-order valence-corrected chi connectivity index (χ2v) is 2.27. The van der Waals surface area contributed by atoms with Crippen molar-refractivity contribution in [3.8, 4) is 0 Å². The number of nitrogens with two attached hydrogens (primary N) is 1. The third-order valence-corrected chi connectivity index (χ3v) is 1.34. The molecule has 3 N–H and O–H groups in total. The van der Waals surface area contributed by atoms with Crippen molar-refractivity contribution in [2.24, 2.45) is 5.73 Å². The molecule has 11 heavy (non-hydrogen) atoms. The molecule has 0 saturated heterocycles. The van der Waals surface area contributed by atoms with Crippen LogP contribution in [0.1, 0.15) is 19.3 Å². The number of rotatable bonds is 5. The van der Waals surface area contributed by atoms with E-state index in [1.165, 1.54) is 7.11 Å². The lowest BCUT2D eigenvalue weighted by molar-refractivity contribution is 0.171. The number of carbonyl (C=O) groups is 1. The van der Waals surface area contributed by atoms with Crippen LogP contribution in [0.4, 0.5) is 4.79 Å². The zero-order valence-corrected chi connectivity index (χ0v) is 6.93. The van der Waals surface area contributed by atoms with Gasteiger partial charge in [-0.05, 0) is 19.4 Å². The fraction of sp³-hybridized carbons (Fsp3) is 0.857. The molecular weight excluding hydrogens is 144 g/mol. The van der Waals surface area contributed by atoms with Crippen molar-refractivity contribution in [1.29, 1.82) is 0 Å². The zero-order valence-electron chi connectivity index (χ0n) is 6.93. The molecular formula is C7H16N2O2. The first-order valence-corrected chi connectivity index (χ1v) is 3.83. The minimum Gasteiger partial charge on any atom is -0.453 e. The summed E-state index contributed by atoms with van der Waals surface area (Å²) in [6, 6.07) is 0. The van der Waals surface area contributed by atoms with Gasteiger partial charge in [0.25, 0.3) is 0 Å². The van der Waals surface area contributed by atoms with E-state index in [1.54, 1.807) is 0 Å². The predicted molar refractivity (Wildman–Crippen MR) is 43.3 cm³/mol. The summed E-state index contributed by atoms with van der Waals surface area (Å²) in [5.41, 5.74) is 5.28. The lowest BCUT2D eigenvalue weighted by Crippen LogP contribution is -2.23. The average Bonchev–Trinajstić information content (AvgIpc) is 2.04. The summed E-state index contributed by atoms with van der Waals surface area (Å²) in [7, 11) is 1.36. The smallest absolute Gasteiger partial charge is 0.406 e. The third-order valence-electron chi connectivity index (χ3n) is 1.34. The Hall–Kier alpha value is -0.770. The molecule has 0 aliphatic rings. The maximum absolute atomic E-state index is 10.5. The van der Waals surface area contributed by atoms with Crippen LogP contribution in [0.25, 0.3) is 0 Å². The standard InChI is InChI=1S/C7H16N2O2/c1-11-7(10)9-6-4-2-3-5-8/h2-6,8H2,1H3,(H,9,10). The largest absolute Gasteiger partial charge is 0.453 e. The highest BCUT2D eigenvalue weighted by Crippen LogP contribution is 1.90. The summed E-state index contributed by atoms with van der Waals surface area (Å²) in [6.07, 6.45) is 2.67. The zero-order chi connectivity index (χ0) is 8.53. The normalized spacial score (nSPS) is 9.27. The summed E-state index contributed by atoms with van der Waals surface area (Å²) >= 11 is 0. The molecule has 0 aromatic heterocycles. The van der Waals surface area contributed by atoms with Gasteiger partial charge in [-0.25, -0.2) is 4.79 Å². The molecule has 0 aromatic carbocycles. The average molecular weight is 160 g/mol. The number of ether oxygens (including phenoxy) is 1. The van der Waals surface area contributed by atoms with Gasteiger partial charge >= 0.3 is 6.09 Å². The van der Waals surface area contributed by atoms with Crippen LogP contribution in [0.3, 0.4) is 0 Å². The fourth-order valence-electron chi connectivity index (χ4n) is 0.709. The topological polar surface area (TPSA) is 64.3 Å². The Balaban J connectivity index is 2.95. The highest BCUT2D eigenvalue weighted by molar-refractivity contribution is 5.66. The van der Waals surface area contributed by atoms with Crippen molar-refractivity contribution < 1.29 is 9.53 Å². The number of amides is 1. The molecule has 66 valence electrons. The van der Waals surface area contributed by atoms with E-state index in [9.17, 15) is 4.79 Å². The molecule has 0 aliphatic heterocycles. The lowest BCUT2D eigenvalue weighted by atomic mass is 10.2. The van der Waals surface area contributed by atoms with Gasteiger partial charge in [0.05, 0.1) is 7.11 Å². The number of methoxy groups -OCH3 is 1. The van der Waals surface area contributed by atoms with Gasteiger partial charge in [0.15, 0.2) is 0 Å². The monoisotopic (exact) mass is 160 g/mol. The minimum absolute atomic E-state index is 0.363. The summed E-state index contributed by atoms with van der Waals surface area (Å²) in [5.74, 6) is 0. The Bertz CT molecular complexity index is 107. The minimum atomic E-state index is -0.363. The second-order valence-electron chi connectivity index (χ2n) is 2.27. The molecule has 0 atom stereocenters. The Labute approximate surface area is 67.1 Å². The van der Waals surface area contributed by atoms with E-state index in [4.69, 9.17) is 5.73 Å². The van der Waals surface area contributed by atoms with E-state index in [2.05, 4.69) is 10.1 Å². The quantitative estimate of drug-likeness (QED) is 0.575. The number of hydrogen-bond donors (Lipinski definition) is 2. The summed E-state index contributed by atoms with van der Waals surface area (Å²) in [6.45, 7) is 1.39. The van der Waals surface area contributed by atoms with Crippen molar-refractivity contribution in [3.05, 3.63) is 0 Å². The van der Waals surface area contributed by atoms with Gasteiger partial charge in [-0.3, -0.25) is 0 Å². The summed E-state index contributed by atoms with van der Waals surface area (Å²) < 4.78 is 4.38. The fourth-order valence-corrected chi connectivity index (χ4v) is 0.709. The first kappa shape index (κ1) is 10.2. The van der Waals surface area contributed by atoms with E-state index in [0.29, 0.717) is 6.54 Å². The molecule has 0 aromatic rings. The molecule has 0 aliphatic carbocycles. The van der Waals surface area contributed by atoms with Crippen molar-refractivity contribution in [2.75, 3.05) is 20.2 Å². The number of hydrogen-bond acceptors (Lipinski definition) is 3. The molecule has 0 heterocycles. The Morgan fingerprint density at radius 3 is 2.73 bits per heavy atom. The maximum atomic E-state index is 10.5. The Kier molecular flexibility index (Phi) is 6.82. The lowest BCUT2D eigenvalue weighted by Gasteiger charge is -2.01. The molecule has 0 unspecified atom stereocenters. The second kappa shape index (κ2) is 7.34. The van der Waals surface area contributed by atoms with E-state index in [0.717, 1.165) is 25.8 Å². The van der Waals surface area contributed by atoms with Crippen molar-refractivity contribution >= 4 is 6.09 Å². The summed E-state index contributed by atoms with van der Waals surface area (Å²) in [5, 5.41) is 2.59. The number of unbranched alkanes of at least 4 members (excludes halogenated alkanes) is 2. The van der Waals surface area contributed by atoms with E-state index < -0.39 is 0 Å². The Morgan fingerprint density at radius 2 is 2.18 bits per heavy atom. The van der Waals surface area contributed by atoms with Crippen molar-refractivity contribution in [2.45, 2.75) is 19.3 Å². The molecule has 0 saturated carbocycles. The number of alkyl carbamates (subject to hydrolysis) is 1. The van der Waals surface area contributed by atoms with Gasteiger partial charge in [-0.1, -0.05) is 6.42 Å². The van der Waals surface area contributed by atoms with Crippen LogP contribution in [-0.4, -0.2) is 26.3 Å². The number of carbonyl (C=O) groups excluding carboxylic acids is 1. The van der Waals surface area contributed by atoms with E-state index in [-0.39, 0.29) is 6.09 Å². The third kappa shape index (κ3) is 7.12. The molecule has 0 rings (SSSR count). The van der Waals surface area contributed by atoms with Crippen LogP contribution < -0.4 is 11.1 Å². The van der Waals surface area contributed by atoms with Gasteiger partial charge in [0, 0.05) is 6.54 Å². The van der Waals surface area contributed by atoms with Gasteiger partial charge in [-0.2, -0.15) is 0 Å². The van der Waals surface area contributed by atoms with Crippen molar-refractivity contribution in [1.82, 2.24) is 5.32 Å². The molecule has 0 spiro atoms. The molecule has 4 nitrogen and oxygen atoms in total. The van der Waals surface area contributed by atoms with Crippen molar-refractivity contribution in [3.63, 3.8) is 0 Å². The molecule has 4 heteroatoms. The van der Waals surface area contributed by atoms with Gasteiger partial charge in [0.2, 0.25) is 0 Å². The van der Waals surface area contributed by atoms with E-state index in [1.807, 2.05) is 0 Å².